The van der Waals surface area contributed by atoms with Crippen molar-refractivity contribution < 1.29 is 24.0 Å². The molecule has 0 aliphatic carbocycles. The molecule has 3 aromatic rings. The van der Waals surface area contributed by atoms with Crippen LogP contribution in [0.2, 0.25) is 0 Å². The van der Waals surface area contributed by atoms with Crippen molar-refractivity contribution in [2.75, 3.05) is 7.11 Å². The summed E-state index contributed by atoms with van der Waals surface area (Å²) in [6, 6.07) is 17.1. The topological polar surface area (TPSA) is 95.7 Å². The van der Waals surface area contributed by atoms with Gasteiger partial charge in [-0.3, -0.25) is 14.9 Å². The number of carbonyl (C=O) groups excluding carboxylic acids is 2. The van der Waals surface area contributed by atoms with Gasteiger partial charge in [0, 0.05) is 22.2 Å². The van der Waals surface area contributed by atoms with Crippen molar-refractivity contribution in [3.8, 4) is 11.5 Å². The Hall–Kier alpha value is -3.78. The van der Waals surface area contributed by atoms with Crippen LogP contribution in [0.3, 0.4) is 0 Å². The molecule has 0 amide bonds. The number of rotatable bonds is 7. The summed E-state index contributed by atoms with van der Waals surface area (Å²) in [6.45, 7) is 0. The van der Waals surface area contributed by atoms with E-state index in [1.165, 1.54) is 37.5 Å². The molecule has 8 heteroatoms. The summed E-state index contributed by atoms with van der Waals surface area (Å²) >= 11 is 3.33. The molecule has 3 aromatic carbocycles. The molecule has 0 heterocycles. The molecule has 0 aliphatic rings. The lowest BCUT2D eigenvalue weighted by Crippen LogP contribution is -2.09. The van der Waals surface area contributed by atoms with Crippen molar-refractivity contribution in [3.05, 3.63) is 104 Å². The van der Waals surface area contributed by atoms with Crippen molar-refractivity contribution in [3.63, 3.8) is 0 Å². The number of benzene rings is 3. The van der Waals surface area contributed by atoms with Gasteiger partial charge < -0.3 is 9.47 Å². The summed E-state index contributed by atoms with van der Waals surface area (Å²) in [7, 11) is 1.42. The predicted octanol–water partition coefficient (Wildman–Crippen LogP) is 5.48. The van der Waals surface area contributed by atoms with Crippen LogP contribution < -0.4 is 9.47 Å². The number of ether oxygens (including phenoxy) is 2. The Morgan fingerprint density at radius 3 is 2.39 bits per heavy atom. The quantitative estimate of drug-likeness (QED) is 0.111. The maximum Gasteiger partial charge on any atom is 0.343 e. The van der Waals surface area contributed by atoms with Crippen molar-refractivity contribution >= 4 is 39.4 Å². The standard InChI is InChI=1S/C23H16BrNO6/c1-30-22-13-15(5-11-20(26)16-7-9-18(24)10-8-16)6-12-21(22)31-23(27)17-3-2-4-19(14-17)25(28)29/h2-14H,1H3/b11-5+. The number of hydrogen-bond acceptors (Lipinski definition) is 6. The highest BCUT2D eigenvalue weighted by molar-refractivity contribution is 9.10. The highest BCUT2D eigenvalue weighted by Crippen LogP contribution is 2.29. The number of carbonyl (C=O) groups is 2. The van der Waals surface area contributed by atoms with Crippen LogP contribution in [0.5, 0.6) is 11.5 Å². The molecule has 0 saturated carbocycles. The van der Waals surface area contributed by atoms with E-state index in [1.807, 2.05) is 0 Å². The highest BCUT2D eigenvalue weighted by atomic mass is 79.9. The van der Waals surface area contributed by atoms with E-state index in [0.29, 0.717) is 11.1 Å². The molecular formula is C23H16BrNO6. The van der Waals surface area contributed by atoms with Gasteiger partial charge in [-0.15, -0.1) is 0 Å². The summed E-state index contributed by atoms with van der Waals surface area (Å²) < 4.78 is 11.5. The Balaban J connectivity index is 1.76. The van der Waals surface area contributed by atoms with Crippen LogP contribution >= 0.6 is 15.9 Å². The number of non-ortho nitro benzene ring substituents is 1. The van der Waals surface area contributed by atoms with Crippen molar-refractivity contribution in [1.29, 1.82) is 0 Å². The van der Waals surface area contributed by atoms with E-state index < -0.39 is 10.9 Å². The molecule has 0 atom stereocenters. The van der Waals surface area contributed by atoms with E-state index in [0.717, 1.165) is 10.5 Å². The van der Waals surface area contributed by atoms with Gasteiger partial charge in [0.15, 0.2) is 17.3 Å². The summed E-state index contributed by atoms with van der Waals surface area (Å²) in [5.74, 6) is -0.490. The monoisotopic (exact) mass is 481 g/mol. The number of methoxy groups -OCH3 is 1. The van der Waals surface area contributed by atoms with Gasteiger partial charge in [0.05, 0.1) is 17.6 Å². The zero-order valence-electron chi connectivity index (χ0n) is 16.3. The molecule has 0 fully saturated rings. The molecule has 7 nitrogen and oxygen atoms in total. The van der Waals surface area contributed by atoms with E-state index in [4.69, 9.17) is 9.47 Å². The lowest BCUT2D eigenvalue weighted by molar-refractivity contribution is -0.384. The summed E-state index contributed by atoms with van der Waals surface area (Å²) in [5, 5.41) is 10.9. The molecule has 0 aliphatic heterocycles. The minimum Gasteiger partial charge on any atom is -0.493 e. The largest absolute Gasteiger partial charge is 0.493 e. The molecule has 3 rings (SSSR count). The Labute approximate surface area is 186 Å². The van der Waals surface area contributed by atoms with Gasteiger partial charge in [0.2, 0.25) is 0 Å². The lowest BCUT2D eigenvalue weighted by atomic mass is 10.1. The molecule has 0 unspecified atom stereocenters. The minimum absolute atomic E-state index is 0.0420. The molecule has 0 spiro atoms. The third kappa shape index (κ3) is 5.64. The Morgan fingerprint density at radius 2 is 1.71 bits per heavy atom. The van der Waals surface area contributed by atoms with E-state index >= 15 is 0 Å². The van der Waals surface area contributed by atoms with Crippen LogP contribution in [0.1, 0.15) is 26.3 Å². The van der Waals surface area contributed by atoms with E-state index in [1.54, 1.807) is 42.5 Å². The summed E-state index contributed by atoms with van der Waals surface area (Å²) in [6.07, 6.45) is 3.06. The van der Waals surface area contributed by atoms with Crippen LogP contribution in [0, 0.1) is 10.1 Å². The summed E-state index contributed by atoms with van der Waals surface area (Å²) in [5.41, 5.74) is 1.05. The predicted molar refractivity (Wildman–Crippen MR) is 119 cm³/mol. The lowest BCUT2D eigenvalue weighted by Gasteiger charge is -2.10. The van der Waals surface area contributed by atoms with E-state index in [9.17, 15) is 19.7 Å². The first-order valence-corrected chi connectivity index (χ1v) is 9.79. The zero-order valence-corrected chi connectivity index (χ0v) is 17.9. The molecule has 0 aromatic heterocycles. The average Bonchev–Trinajstić information content (AvgIpc) is 2.78. The highest BCUT2D eigenvalue weighted by Gasteiger charge is 2.16. The van der Waals surface area contributed by atoms with Gasteiger partial charge >= 0.3 is 5.97 Å². The molecule has 0 saturated heterocycles. The van der Waals surface area contributed by atoms with Gasteiger partial charge in [-0.25, -0.2) is 4.79 Å². The van der Waals surface area contributed by atoms with Crippen LogP contribution in [-0.2, 0) is 0 Å². The number of allylic oxidation sites excluding steroid dienone is 1. The Bertz CT molecular complexity index is 1170. The van der Waals surface area contributed by atoms with Crippen LogP contribution in [-0.4, -0.2) is 23.8 Å². The normalized spacial score (nSPS) is 10.6. The summed E-state index contributed by atoms with van der Waals surface area (Å²) in [4.78, 5) is 35.0. The third-order valence-corrected chi connectivity index (χ3v) is 4.77. The number of halogens is 1. The molecule has 0 bridgehead atoms. The molecule has 0 N–H and O–H groups in total. The number of nitro groups is 1. The van der Waals surface area contributed by atoms with Crippen molar-refractivity contribution in [2.45, 2.75) is 0 Å². The van der Waals surface area contributed by atoms with Gasteiger partial charge in [0.25, 0.3) is 5.69 Å². The van der Waals surface area contributed by atoms with Crippen LogP contribution in [0.15, 0.2) is 77.3 Å². The zero-order chi connectivity index (χ0) is 22.4. The average molecular weight is 482 g/mol. The first-order chi connectivity index (χ1) is 14.9. The Kier molecular flexibility index (Phi) is 6.94. The fourth-order valence-electron chi connectivity index (χ4n) is 2.66. The van der Waals surface area contributed by atoms with Crippen molar-refractivity contribution in [1.82, 2.24) is 0 Å². The second-order valence-electron chi connectivity index (χ2n) is 6.31. The first kappa shape index (κ1) is 21.9. The van der Waals surface area contributed by atoms with E-state index in [-0.39, 0.29) is 28.5 Å². The fourth-order valence-corrected chi connectivity index (χ4v) is 2.92. The van der Waals surface area contributed by atoms with Gasteiger partial charge in [-0.2, -0.15) is 0 Å². The second kappa shape index (κ2) is 9.82. The number of ketones is 1. The second-order valence-corrected chi connectivity index (χ2v) is 7.23. The number of esters is 1. The maximum atomic E-state index is 12.4. The minimum atomic E-state index is -0.754. The molecule has 31 heavy (non-hydrogen) atoms. The Morgan fingerprint density at radius 1 is 0.968 bits per heavy atom. The number of nitrogens with zero attached hydrogens (tertiary/aromatic N) is 1. The number of hydrogen-bond donors (Lipinski definition) is 0. The third-order valence-electron chi connectivity index (χ3n) is 4.24. The maximum absolute atomic E-state index is 12.4. The van der Waals surface area contributed by atoms with Gasteiger partial charge in [-0.05, 0) is 54.1 Å². The van der Waals surface area contributed by atoms with E-state index in [2.05, 4.69) is 15.9 Å². The smallest absolute Gasteiger partial charge is 0.343 e. The SMILES string of the molecule is COc1cc(/C=C/C(=O)c2ccc(Br)cc2)ccc1OC(=O)c1cccc([N+](=O)[O-])c1. The fraction of sp³-hybridized carbons (Fsp3) is 0.0435. The van der Waals surface area contributed by atoms with Crippen LogP contribution in [0.4, 0.5) is 5.69 Å². The number of nitro benzene ring substituents is 1. The van der Waals surface area contributed by atoms with Gasteiger partial charge in [-0.1, -0.05) is 34.1 Å². The first-order valence-electron chi connectivity index (χ1n) is 9.00. The molecular weight excluding hydrogens is 466 g/mol. The van der Waals surface area contributed by atoms with Crippen LogP contribution in [0.25, 0.3) is 6.08 Å². The van der Waals surface area contributed by atoms with Crippen molar-refractivity contribution in [2.24, 2.45) is 0 Å². The van der Waals surface area contributed by atoms with Gasteiger partial charge in [0.1, 0.15) is 0 Å². The molecule has 0 radical (unpaired) electrons. The molecule has 156 valence electrons.